The molecule has 4 heteroatoms. The first-order valence-corrected chi connectivity index (χ1v) is 6.36. The summed E-state index contributed by atoms with van der Waals surface area (Å²) >= 11 is 0. The van der Waals surface area contributed by atoms with Crippen molar-refractivity contribution in [3.63, 3.8) is 0 Å². The van der Waals surface area contributed by atoms with E-state index in [1.165, 1.54) is 5.56 Å². The maximum absolute atomic E-state index is 4.26. The van der Waals surface area contributed by atoms with Gasteiger partial charge in [-0.1, -0.05) is 30.3 Å². The third-order valence-electron chi connectivity index (χ3n) is 2.87. The summed E-state index contributed by atoms with van der Waals surface area (Å²) < 4.78 is 1.74. The smallest absolute Gasteiger partial charge is 0.151 e. The molecule has 1 aromatic carbocycles. The van der Waals surface area contributed by atoms with E-state index < -0.39 is 0 Å². The molecule has 0 saturated carbocycles. The van der Waals surface area contributed by atoms with Gasteiger partial charge < -0.3 is 5.32 Å². The van der Waals surface area contributed by atoms with Crippen LogP contribution in [-0.2, 0) is 19.9 Å². The number of aromatic nitrogens is 3. The van der Waals surface area contributed by atoms with Crippen LogP contribution in [0.1, 0.15) is 18.3 Å². The Hall–Kier alpha value is -1.68. The Bertz CT molecular complexity index is 464. The van der Waals surface area contributed by atoms with Crippen LogP contribution in [0.25, 0.3) is 0 Å². The fourth-order valence-corrected chi connectivity index (χ4v) is 1.97. The molecular formula is C14H20N4. The van der Waals surface area contributed by atoms with E-state index in [-0.39, 0.29) is 0 Å². The van der Waals surface area contributed by atoms with Crippen molar-refractivity contribution in [2.45, 2.75) is 25.8 Å². The lowest BCUT2D eigenvalue weighted by atomic mass is 10.1. The quantitative estimate of drug-likeness (QED) is 0.839. The van der Waals surface area contributed by atoms with E-state index >= 15 is 0 Å². The van der Waals surface area contributed by atoms with E-state index in [2.05, 4.69) is 46.6 Å². The van der Waals surface area contributed by atoms with E-state index in [4.69, 9.17) is 0 Å². The molecule has 1 aromatic heterocycles. The highest BCUT2D eigenvalue weighted by atomic mass is 15.3. The number of rotatable bonds is 6. The van der Waals surface area contributed by atoms with E-state index in [0.717, 1.165) is 25.2 Å². The summed E-state index contributed by atoms with van der Waals surface area (Å²) in [4.78, 5) is 4.21. The van der Waals surface area contributed by atoms with Crippen LogP contribution in [0, 0.1) is 0 Å². The molecule has 0 spiro atoms. The van der Waals surface area contributed by atoms with E-state index in [1.54, 1.807) is 11.0 Å². The van der Waals surface area contributed by atoms with Gasteiger partial charge in [-0.2, -0.15) is 5.10 Å². The number of benzene rings is 1. The van der Waals surface area contributed by atoms with Gasteiger partial charge in [-0.3, -0.25) is 4.68 Å². The van der Waals surface area contributed by atoms with Crippen LogP contribution in [0.4, 0.5) is 0 Å². The van der Waals surface area contributed by atoms with Crippen LogP contribution < -0.4 is 5.32 Å². The highest BCUT2D eigenvalue weighted by Gasteiger charge is 2.04. The number of nitrogens with zero attached hydrogens (tertiary/aromatic N) is 3. The zero-order valence-electron chi connectivity index (χ0n) is 11.0. The van der Waals surface area contributed by atoms with Crippen molar-refractivity contribution < 1.29 is 0 Å². The van der Waals surface area contributed by atoms with Gasteiger partial charge in [0.05, 0.1) is 0 Å². The minimum atomic E-state index is 0.469. The average Bonchev–Trinajstić information content (AvgIpc) is 2.76. The van der Waals surface area contributed by atoms with Gasteiger partial charge in [-0.05, 0) is 18.9 Å². The van der Waals surface area contributed by atoms with Crippen LogP contribution in [0.15, 0.2) is 36.7 Å². The van der Waals surface area contributed by atoms with Gasteiger partial charge >= 0.3 is 0 Å². The van der Waals surface area contributed by atoms with Gasteiger partial charge in [-0.25, -0.2) is 4.98 Å². The molecule has 2 rings (SSSR count). The van der Waals surface area contributed by atoms with Gasteiger partial charge in [0.2, 0.25) is 0 Å². The lowest BCUT2D eigenvalue weighted by molar-refractivity contribution is 0.542. The normalized spacial score (nSPS) is 12.6. The molecule has 1 heterocycles. The van der Waals surface area contributed by atoms with Crippen LogP contribution in [-0.4, -0.2) is 27.4 Å². The monoisotopic (exact) mass is 244 g/mol. The van der Waals surface area contributed by atoms with Gasteiger partial charge in [0.1, 0.15) is 6.33 Å². The maximum atomic E-state index is 4.26. The Kier molecular flexibility index (Phi) is 4.47. The summed E-state index contributed by atoms with van der Waals surface area (Å²) in [5, 5.41) is 7.76. The molecule has 0 radical (unpaired) electrons. The van der Waals surface area contributed by atoms with Crippen molar-refractivity contribution in [3.8, 4) is 0 Å². The topological polar surface area (TPSA) is 42.7 Å². The van der Waals surface area contributed by atoms with E-state index in [1.807, 2.05) is 13.1 Å². The first-order chi connectivity index (χ1) is 8.74. The summed E-state index contributed by atoms with van der Waals surface area (Å²) in [7, 11) is 1.89. The highest BCUT2D eigenvalue weighted by Crippen LogP contribution is 2.02. The molecule has 0 aliphatic heterocycles. The zero-order chi connectivity index (χ0) is 12.8. The molecule has 0 aliphatic carbocycles. The molecule has 1 atom stereocenters. The Morgan fingerprint density at radius 3 is 2.72 bits per heavy atom. The van der Waals surface area contributed by atoms with Crippen LogP contribution in [0.5, 0.6) is 0 Å². The minimum absolute atomic E-state index is 0.469. The van der Waals surface area contributed by atoms with Crippen LogP contribution in [0.2, 0.25) is 0 Å². The minimum Gasteiger partial charge on any atom is -0.313 e. The molecule has 96 valence electrons. The lowest BCUT2D eigenvalue weighted by Gasteiger charge is -2.13. The SMILES string of the molecule is CC(Cc1ccccc1)NCCc1ncn(C)n1. The number of hydrogen-bond acceptors (Lipinski definition) is 3. The zero-order valence-corrected chi connectivity index (χ0v) is 11.0. The van der Waals surface area contributed by atoms with E-state index in [9.17, 15) is 0 Å². The molecule has 0 aliphatic rings. The number of aryl methyl sites for hydroxylation is 1. The predicted molar refractivity (Wildman–Crippen MR) is 72.3 cm³/mol. The second-order valence-corrected chi connectivity index (χ2v) is 4.63. The first-order valence-electron chi connectivity index (χ1n) is 6.36. The van der Waals surface area contributed by atoms with Crippen molar-refractivity contribution in [2.75, 3.05) is 6.54 Å². The summed E-state index contributed by atoms with van der Waals surface area (Å²) in [6, 6.07) is 11.0. The number of hydrogen-bond donors (Lipinski definition) is 1. The summed E-state index contributed by atoms with van der Waals surface area (Å²) in [5.41, 5.74) is 1.37. The van der Waals surface area contributed by atoms with Crippen molar-refractivity contribution in [2.24, 2.45) is 7.05 Å². The van der Waals surface area contributed by atoms with Gasteiger partial charge in [0.25, 0.3) is 0 Å². The van der Waals surface area contributed by atoms with E-state index in [0.29, 0.717) is 6.04 Å². The Morgan fingerprint density at radius 2 is 2.06 bits per heavy atom. The predicted octanol–water partition coefficient (Wildman–Crippen LogP) is 1.58. The number of nitrogens with one attached hydrogen (secondary N) is 1. The Labute approximate surface area is 108 Å². The fraction of sp³-hybridized carbons (Fsp3) is 0.429. The molecular weight excluding hydrogens is 224 g/mol. The molecule has 0 bridgehead atoms. The Morgan fingerprint density at radius 1 is 1.28 bits per heavy atom. The average molecular weight is 244 g/mol. The van der Waals surface area contributed by atoms with Crippen molar-refractivity contribution in [1.82, 2.24) is 20.1 Å². The van der Waals surface area contributed by atoms with Crippen LogP contribution >= 0.6 is 0 Å². The maximum Gasteiger partial charge on any atom is 0.151 e. The second kappa shape index (κ2) is 6.31. The third kappa shape index (κ3) is 3.96. The molecule has 18 heavy (non-hydrogen) atoms. The summed E-state index contributed by atoms with van der Waals surface area (Å²) in [5.74, 6) is 0.900. The summed E-state index contributed by atoms with van der Waals surface area (Å²) in [6.45, 7) is 3.12. The molecule has 0 fully saturated rings. The second-order valence-electron chi connectivity index (χ2n) is 4.63. The Balaban J connectivity index is 1.70. The highest BCUT2D eigenvalue weighted by molar-refractivity contribution is 5.15. The van der Waals surface area contributed by atoms with Crippen molar-refractivity contribution in [3.05, 3.63) is 48.0 Å². The van der Waals surface area contributed by atoms with Gasteiger partial charge in [0.15, 0.2) is 5.82 Å². The molecule has 4 nitrogen and oxygen atoms in total. The molecule has 1 unspecified atom stereocenters. The first kappa shape index (κ1) is 12.8. The van der Waals surface area contributed by atoms with Crippen molar-refractivity contribution >= 4 is 0 Å². The molecule has 0 saturated heterocycles. The van der Waals surface area contributed by atoms with Gasteiger partial charge in [0, 0.05) is 26.1 Å². The lowest BCUT2D eigenvalue weighted by Crippen LogP contribution is -2.30. The molecule has 1 N–H and O–H groups in total. The van der Waals surface area contributed by atoms with Crippen molar-refractivity contribution in [1.29, 1.82) is 0 Å². The molecule has 2 aromatic rings. The van der Waals surface area contributed by atoms with Crippen LogP contribution in [0.3, 0.4) is 0 Å². The fourth-order valence-electron chi connectivity index (χ4n) is 1.97. The molecule has 0 amide bonds. The van der Waals surface area contributed by atoms with Gasteiger partial charge in [-0.15, -0.1) is 0 Å². The largest absolute Gasteiger partial charge is 0.313 e. The third-order valence-corrected chi connectivity index (χ3v) is 2.87. The summed E-state index contributed by atoms with van der Waals surface area (Å²) in [6.07, 6.45) is 3.67. The standard InChI is InChI=1S/C14H20N4/c1-12(10-13-6-4-3-5-7-13)15-9-8-14-16-11-18(2)17-14/h3-7,11-12,15H,8-10H2,1-2H3.